The summed E-state index contributed by atoms with van der Waals surface area (Å²) in [6.07, 6.45) is 9.19. The first kappa shape index (κ1) is 9.19. The van der Waals surface area contributed by atoms with Gasteiger partial charge in [-0.3, -0.25) is 4.79 Å². The van der Waals surface area contributed by atoms with E-state index in [0.717, 1.165) is 30.7 Å². The minimum Gasteiger partial charge on any atom is -0.334 e. The Morgan fingerprint density at radius 1 is 1.36 bits per heavy atom. The molecule has 0 radical (unpaired) electrons. The van der Waals surface area contributed by atoms with Gasteiger partial charge < -0.3 is 4.57 Å². The largest absolute Gasteiger partial charge is 0.334 e. The maximum absolute atomic E-state index is 11.4. The molecule has 0 saturated heterocycles. The molecule has 0 saturated carbocycles. The van der Waals surface area contributed by atoms with E-state index in [9.17, 15) is 4.79 Å². The number of nitrogens with zero attached hydrogens (tertiary/aromatic N) is 2. The third-order valence-electron chi connectivity index (χ3n) is 2.56. The number of imidazole rings is 1. The summed E-state index contributed by atoms with van der Waals surface area (Å²) in [6.45, 7) is 0. The fourth-order valence-electron chi connectivity index (χ4n) is 1.80. The van der Waals surface area contributed by atoms with Crippen LogP contribution in [0.2, 0.25) is 0 Å². The van der Waals surface area contributed by atoms with Crippen molar-refractivity contribution in [2.75, 3.05) is 0 Å². The predicted octanol–water partition coefficient (Wildman–Crippen LogP) is 1.95. The molecule has 0 atom stereocenters. The molecule has 1 aliphatic carbocycles. The lowest BCUT2D eigenvalue weighted by molar-refractivity contribution is -0.114. The summed E-state index contributed by atoms with van der Waals surface area (Å²) in [5.41, 5.74) is 1.08. The van der Waals surface area contributed by atoms with Gasteiger partial charge >= 0.3 is 0 Å². The highest BCUT2D eigenvalue weighted by Crippen LogP contribution is 2.22. The van der Waals surface area contributed by atoms with Crippen LogP contribution in [-0.2, 0) is 11.8 Å². The molecule has 1 aromatic heterocycles. The average molecular weight is 190 g/mol. The van der Waals surface area contributed by atoms with E-state index in [4.69, 9.17) is 0 Å². The second-order valence-electron chi connectivity index (χ2n) is 3.70. The molecule has 0 fully saturated rings. The van der Waals surface area contributed by atoms with Crippen LogP contribution in [-0.4, -0.2) is 15.3 Å². The number of aryl methyl sites for hydroxylation is 1. The fraction of sp³-hybridized carbons (Fsp3) is 0.455. The topological polar surface area (TPSA) is 34.9 Å². The highest BCUT2D eigenvalue weighted by molar-refractivity contribution is 5.96. The van der Waals surface area contributed by atoms with E-state index in [-0.39, 0.29) is 5.78 Å². The first-order valence-electron chi connectivity index (χ1n) is 4.98. The first-order valence-corrected chi connectivity index (χ1v) is 4.98. The van der Waals surface area contributed by atoms with Crippen molar-refractivity contribution in [2.24, 2.45) is 7.05 Å². The predicted molar refractivity (Wildman–Crippen MR) is 54.7 cm³/mol. The van der Waals surface area contributed by atoms with Crippen molar-refractivity contribution in [3.05, 3.63) is 24.3 Å². The Balaban J connectivity index is 2.33. The molecule has 74 valence electrons. The summed E-state index contributed by atoms with van der Waals surface area (Å²) in [7, 11) is 1.96. The number of aromatic nitrogens is 2. The summed E-state index contributed by atoms with van der Waals surface area (Å²) in [4.78, 5) is 15.6. The zero-order valence-corrected chi connectivity index (χ0v) is 8.36. The van der Waals surface area contributed by atoms with Crippen molar-refractivity contribution in [2.45, 2.75) is 25.7 Å². The number of allylic oxidation sites excluding steroid dienone is 2. The Labute approximate surface area is 83.5 Å². The molecule has 1 aromatic rings. The minimum atomic E-state index is 0.237. The number of carbonyl (C=O) groups excluding carboxylic acids is 1. The maximum atomic E-state index is 11.4. The van der Waals surface area contributed by atoms with Crippen LogP contribution in [0.1, 0.15) is 31.5 Å². The highest BCUT2D eigenvalue weighted by atomic mass is 16.1. The second-order valence-corrected chi connectivity index (χ2v) is 3.70. The Bertz CT molecular complexity index is 376. The maximum Gasteiger partial charge on any atom is 0.156 e. The van der Waals surface area contributed by atoms with Gasteiger partial charge in [-0.1, -0.05) is 0 Å². The first-order chi connectivity index (χ1) is 6.77. The molecule has 0 spiro atoms. The van der Waals surface area contributed by atoms with Gasteiger partial charge in [-0.25, -0.2) is 4.98 Å². The second kappa shape index (κ2) is 3.78. The zero-order chi connectivity index (χ0) is 9.97. The molecule has 0 aliphatic heterocycles. The molecular weight excluding hydrogens is 176 g/mol. The van der Waals surface area contributed by atoms with Crippen molar-refractivity contribution in [1.29, 1.82) is 0 Å². The van der Waals surface area contributed by atoms with E-state index >= 15 is 0 Å². The normalized spacial score (nSPS) is 17.8. The zero-order valence-electron chi connectivity index (χ0n) is 8.36. The molecule has 1 heterocycles. The van der Waals surface area contributed by atoms with Crippen LogP contribution in [0.25, 0.3) is 5.57 Å². The van der Waals surface area contributed by atoms with Crippen molar-refractivity contribution in [3.8, 4) is 0 Å². The lowest BCUT2D eigenvalue weighted by atomic mass is 10.1. The van der Waals surface area contributed by atoms with Gasteiger partial charge in [-0.15, -0.1) is 0 Å². The summed E-state index contributed by atoms with van der Waals surface area (Å²) >= 11 is 0. The van der Waals surface area contributed by atoms with Crippen LogP contribution in [0, 0.1) is 0 Å². The molecule has 3 nitrogen and oxygen atoms in total. The molecule has 0 N–H and O–H groups in total. The summed E-state index contributed by atoms with van der Waals surface area (Å²) in [5, 5.41) is 0. The lowest BCUT2D eigenvalue weighted by Gasteiger charge is -2.04. The van der Waals surface area contributed by atoms with Gasteiger partial charge in [-0.2, -0.15) is 0 Å². The monoisotopic (exact) mass is 190 g/mol. The van der Waals surface area contributed by atoms with Crippen LogP contribution >= 0.6 is 0 Å². The van der Waals surface area contributed by atoms with E-state index < -0.39 is 0 Å². The molecule has 0 bridgehead atoms. The van der Waals surface area contributed by atoms with Crippen LogP contribution < -0.4 is 0 Å². The smallest absolute Gasteiger partial charge is 0.156 e. The molecule has 2 rings (SSSR count). The van der Waals surface area contributed by atoms with E-state index in [1.165, 1.54) is 0 Å². The standard InChI is InChI=1S/C11H14N2O/c1-13-7-6-12-11(13)9-4-2-3-5-10(14)8-9/h6-8H,2-5H2,1H3. The summed E-state index contributed by atoms with van der Waals surface area (Å²) in [6, 6.07) is 0. The van der Waals surface area contributed by atoms with Crippen LogP contribution in [0.5, 0.6) is 0 Å². The van der Waals surface area contributed by atoms with E-state index in [0.29, 0.717) is 6.42 Å². The van der Waals surface area contributed by atoms with Crippen LogP contribution in [0.15, 0.2) is 18.5 Å². The molecule has 0 unspecified atom stereocenters. The Kier molecular flexibility index (Phi) is 2.48. The summed E-state index contributed by atoms with van der Waals surface area (Å²) < 4.78 is 1.96. The average Bonchev–Trinajstić information content (AvgIpc) is 2.45. The summed E-state index contributed by atoms with van der Waals surface area (Å²) in [5.74, 6) is 1.17. The van der Waals surface area contributed by atoms with Crippen molar-refractivity contribution < 1.29 is 4.79 Å². The van der Waals surface area contributed by atoms with Crippen LogP contribution in [0.3, 0.4) is 0 Å². The number of carbonyl (C=O) groups is 1. The van der Waals surface area contributed by atoms with Gasteiger partial charge in [0.25, 0.3) is 0 Å². The van der Waals surface area contributed by atoms with Gasteiger partial charge in [0.2, 0.25) is 0 Å². The molecule has 1 aliphatic rings. The Morgan fingerprint density at radius 3 is 2.86 bits per heavy atom. The third-order valence-corrected chi connectivity index (χ3v) is 2.56. The van der Waals surface area contributed by atoms with Crippen molar-refractivity contribution >= 4 is 11.4 Å². The SMILES string of the molecule is Cn1ccnc1C1=CC(=O)CCCC1. The van der Waals surface area contributed by atoms with E-state index in [1.54, 1.807) is 12.3 Å². The molecule has 14 heavy (non-hydrogen) atoms. The fourth-order valence-corrected chi connectivity index (χ4v) is 1.80. The van der Waals surface area contributed by atoms with Crippen LogP contribution in [0.4, 0.5) is 0 Å². The number of hydrogen-bond acceptors (Lipinski definition) is 2. The van der Waals surface area contributed by atoms with Gasteiger partial charge in [-0.05, 0) is 30.9 Å². The van der Waals surface area contributed by atoms with E-state index in [1.807, 2.05) is 17.8 Å². The number of rotatable bonds is 1. The van der Waals surface area contributed by atoms with Gasteiger partial charge in [0.15, 0.2) is 5.78 Å². The van der Waals surface area contributed by atoms with Crippen molar-refractivity contribution in [3.63, 3.8) is 0 Å². The molecule has 3 heteroatoms. The van der Waals surface area contributed by atoms with Gasteiger partial charge in [0.05, 0.1) is 0 Å². The number of hydrogen-bond donors (Lipinski definition) is 0. The van der Waals surface area contributed by atoms with Crippen molar-refractivity contribution in [1.82, 2.24) is 9.55 Å². The van der Waals surface area contributed by atoms with E-state index in [2.05, 4.69) is 4.98 Å². The minimum absolute atomic E-state index is 0.237. The highest BCUT2D eigenvalue weighted by Gasteiger charge is 2.12. The van der Waals surface area contributed by atoms with Gasteiger partial charge in [0.1, 0.15) is 5.82 Å². The molecule has 0 aromatic carbocycles. The Morgan fingerprint density at radius 2 is 2.14 bits per heavy atom. The molecular formula is C11H14N2O. The number of ketones is 1. The Hall–Kier alpha value is -1.38. The molecule has 0 amide bonds. The lowest BCUT2D eigenvalue weighted by Crippen LogP contribution is -1.97. The quantitative estimate of drug-likeness (QED) is 0.678. The third kappa shape index (κ3) is 1.76. The van der Waals surface area contributed by atoms with Gasteiger partial charge in [0, 0.05) is 25.9 Å².